The fourth-order valence-corrected chi connectivity index (χ4v) is 1.80. The number of nitrogens with two attached hydrogens (primary N) is 1. The lowest BCUT2D eigenvalue weighted by molar-refractivity contribution is 0.0690. The van der Waals surface area contributed by atoms with Gasteiger partial charge < -0.3 is 10.8 Å². The number of nitrogens with zero attached hydrogens (tertiary/aromatic N) is 2. The number of hydrogen-bond donors (Lipinski definition) is 2. The van der Waals surface area contributed by atoms with Crippen molar-refractivity contribution in [2.45, 2.75) is 0 Å². The molecule has 0 spiro atoms. The van der Waals surface area contributed by atoms with Crippen LogP contribution >= 0.6 is 15.9 Å². The number of aromatic nitrogens is 2. The summed E-state index contributed by atoms with van der Waals surface area (Å²) in [4.78, 5) is 18.8. The van der Waals surface area contributed by atoms with Gasteiger partial charge in [-0.2, -0.15) is 0 Å². The number of anilines is 1. The summed E-state index contributed by atoms with van der Waals surface area (Å²) in [6.45, 7) is 0. The summed E-state index contributed by atoms with van der Waals surface area (Å²) in [5.74, 6) is -0.717. The van der Waals surface area contributed by atoms with E-state index in [4.69, 9.17) is 10.8 Å². The van der Waals surface area contributed by atoms with Gasteiger partial charge in [0, 0.05) is 16.1 Å². The van der Waals surface area contributed by atoms with Gasteiger partial charge in [0.25, 0.3) is 0 Å². The molecule has 1 heterocycles. The molecule has 2 rings (SSSR count). The van der Waals surface area contributed by atoms with Crippen LogP contribution in [0.15, 0.2) is 34.8 Å². The fourth-order valence-electron chi connectivity index (χ4n) is 1.34. The summed E-state index contributed by atoms with van der Waals surface area (Å²) in [5.41, 5.74) is 6.13. The van der Waals surface area contributed by atoms with Crippen molar-refractivity contribution >= 4 is 27.7 Å². The van der Waals surface area contributed by atoms with E-state index in [2.05, 4.69) is 25.9 Å². The Balaban J connectivity index is 2.60. The molecule has 0 bridgehead atoms. The van der Waals surface area contributed by atoms with E-state index in [-0.39, 0.29) is 17.3 Å². The molecular formula is C11H8BrN3O2. The standard InChI is InChI=1S/C11H8BrN3O2/c12-7-4-2-1-3-6(7)10-14-8(11(16)17)5-9(13)15-10/h1-5H,(H,16,17)(H2,13,14,15). The van der Waals surface area contributed by atoms with Gasteiger partial charge in [-0.25, -0.2) is 14.8 Å². The lowest BCUT2D eigenvalue weighted by atomic mass is 10.2. The monoisotopic (exact) mass is 293 g/mol. The van der Waals surface area contributed by atoms with Crippen molar-refractivity contribution in [1.82, 2.24) is 9.97 Å². The van der Waals surface area contributed by atoms with Crippen molar-refractivity contribution in [2.75, 3.05) is 5.73 Å². The maximum atomic E-state index is 10.9. The van der Waals surface area contributed by atoms with Crippen LogP contribution in [0, 0.1) is 0 Å². The second kappa shape index (κ2) is 4.50. The molecule has 3 N–H and O–H groups in total. The Kier molecular flexibility index (Phi) is 3.06. The van der Waals surface area contributed by atoms with Gasteiger partial charge in [0.05, 0.1) is 0 Å². The lowest BCUT2D eigenvalue weighted by Crippen LogP contribution is -2.05. The van der Waals surface area contributed by atoms with Gasteiger partial charge in [-0.15, -0.1) is 0 Å². The van der Waals surface area contributed by atoms with Gasteiger partial charge in [0.15, 0.2) is 11.5 Å². The second-order valence-corrected chi connectivity index (χ2v) is 4.14. The first-order valence-electron chi connectivity index (χ1n) is 4.70. The fraction of sp³-hybridized carbons (Fsp3) is 0. The minimum absolute atomic E-state index is 0.122. The van der Waals surface area contributed by atoms with E-state index in [0.717, 1.165) is 4.47 Å². The maximum Gasteiger partial charge on any atom is 0.354 e. The number of benzene rings is 1. The molecule has 2 aromatic rings. The first kappa shape index (κ1) is 11.5. The van der Waals surface area contributed by atoms with Crippen LogP contribution in [0.25, 0.3) is 11.4 Å². The molecule has 0 unspecified atom stereocenters. The topological polar surface area (TPSA) is 89.1 Å². The van der Waals surface area contributed by atoms with Crippen molar-refractivity contribution in [3.05, 3.63) is 40.5 Å². The van der Waals surface area contributed by atoms with E-state index in [1.54, 1.807) is 6.07 Å². The summed E-state index contributed by atoms with van der Waals surface area (Å²) >= 11 is 3.35. The summed E-state index contributed by atoms with van der Waals surface area (Å²) in [5, 5.41) is 8.89. The van der Waals surface area contributed by atoms with E-state index in [1.165, 1.54) is 6.07 Å². The third-order valence-corrected chi connectivity index (χ3v) is 2.77. The zero-order chi connectivity index (χ0) is 12.4. The van der Waals surface area contributed by atoms with Crippen LogP contribution in [0.4, 0.5) is 5.82 Å². The number of nitrogen functional groups attached to an aromatic ring is 1. The van der Waals surface area contributed by atoms with E-state index < -0.39 is 5.97 Å². The zero-order valence-corrected chi connectivity index (χ0v) is 10.2. The van der Waals surface area contributed by atoms with Crippen LogP contribution in [0.1, 0.15) is 10.5 Å². The summed E-state index contributed by atoms with van der Waals surface area (Å²) in [6.07, 6.45) is 0. The molecule has 0 saturated heterocycles. The van der Waals surface area contributed by atoms with Crippen molar-refractivity contribution in [3.8, 4) is 11.4 Å². The maximum absolute atomic E-state index is 10.9. The van der Waals surface area contributed by atoms with Gasteiger partial charge in [-0.3, -0.25) is 0 Å². The molecule has 0 fully saturated rings. The average Bonchev–Trinajstić information content (AvgIpc) is 2.28. The first-order chi connectivity index (χ1) is 8.08. The predicted octanol–water partition coefficient (Wildman–Crippen LogP) is 2.19. The van der Waals surface area contributed by atoms with Gasteiger partial charge in [-0.1, -0.05) is 34.1 Å². The Bertz CT molecular complexity index is 587. The zero-order valence-electron chi connectivity index (χ0n) is 8.59. The Morgan fingerprint density at radius 3 is 2.65 bits per heavy atom. The minimum atomic E-state index is -1.13. The summed E-state index contributed by atoms with van der Waals surface area (Å²) < 4.78 is 0.780. The average molecular weight is 294 g/mol. The highest BCUT2D eigenvalue weighted by Crippen LogP contribution is 2.25. The number of carbonyl (C=O) groups is 1. The molecule has 1 aromatic heterocycles. The van der Waals surface area contributed by atoms with E-state index in [0.29, 0.717) is 5.56 Å². The lowest BCUT2D eigenvalue weighted by Gasteiger charge is -2.04. The molecule has 86 valence electrons. The largest absolute Gasteiger partial charge is 0.477 e. The molecule has 0 radical (unpaired) electrons. The number of carboxylic acid groups (broad SMARTS) is 1. The molecule has 5 nitrogen and oxygen atoms in total. The normalized spacial score (nSPS) is 10.2. The Labute approximate surface area is 105 Å². The molecule has 0 amide bonds. The smallest absolute Gasteiger partial charge is 0.354 e. The van der Waals surface area contributed by atoms with Crippen LogP contribution in [-0.4, -0.2) is 21.0 Å². The molecule has 6 heteroatoms. The van der Waals surface area contributed by atoms with Gasteiger partial charge in [-0.05, 0) is 6.07 Å². The number of hydrogen-bond acceptors (Lipinski definition) is 4. The third-order valence-electron chi connectivity index (χ3n) is 2.08. The molecule has 1 aromatic carbocycles. The number of halogens is 1. The van der Waals surface area contributed by atoms with E-state index in [1.807, 2.05) is 18.2 Å². The predicted molar refractivity (Wildman–Crippen MR) is 66.5 cm³/mol. The van der Waals surface area contributed by atoms with Crippen molar-refractivity contribution in [2.24, 2.45) is 0 Å². The molecular weight excluding hydrogens is 286 g/mol. The second-order valence-electron chi connectivity index (χ2n) is 3.29. The van der Waals surface area contributed by atoms with Crippen LogP contribution < -0.4 is 5.73 Å². The number of aromatic carboxylic acids is 1. The molecule has 17 heavy (non-hydrogen) atoms. The van der Waals surface area contributed by atoms with Crippen molar-refractivity contribution in [1.29, 1.82) is 0 Å². The quantitative estimate of drug-likeness (QED) is 0.886. The molecule has 0 saturated carbocycles. The number of carboxylic acids is 1. The Morgan fingerprint density at radius 1 is 1.29 bits per heavy atom. The SMILES string of the molecule is Nc1cc(C(=O)O)nc(-c2ccccc2Br)n1. The molecule has 0 aliphatic carbocycles. The number of rotatable bonds is 2. The van der Waals surface area contributed by atoms with Crippen molar-refractivity contribution < 1.29 is 9.90 Å². The Hall–Kier alpha value is -1.95. The molecule has 0 aliphatic heterocycles. The van der Waals surface area contributed by atoms with E-state index >= 15 is 0 Å². The summed E-state index contributed by atoms with van der Waals surface area (Å²) in [7, 11) is 0. The minimum Gasteiger partial charge on any atom is -0.477 e. The van der Waals surface area contributed by atoms with Crippen LogP contribution in [0.5, 0.6) is 0 Å². The highest BCUT2D eigenvalue weighted by molar-refractivity contribution is 9.10. The van der Waals surface area contributed by atoms with Gasteiger partial charge in [0.1, 0.15) is 5.82 Å². The van der Waals surface area contributed by atoms with E-state index in [9.17, 15) is 4.79 Å². The molecule has 0 aliphatic rings. The first-order valence-corrected chi connectivity index (χ1v) is 5.50. The van der Waals surface area contributed by atoms with Gasteiger partial charge in [0.2, 0.25) is 0 Å². The highest BCUT2D eigenvalue weighted by Gasteiger charge is 2.12. The van der Waals surface area contributed by atoms with Crippen LogP contribution in [0.2, 0.25) is 0 Å². The van der Waals surface area contributed by atoms with Gasteiger partial charge >= 0.3 is 5.97 Å². The molecule has 0 atom stereocenters. The summed E-state index contributed by atoms with van der Waals surface area (Å²) in [6, 6.07) is 8.49. The van der Waals surface area contributed by atoms with Crippen LogP contribution in [0.3, 0.4) is 0 Å². The van der Waals surface area contributed by atoms with Crippen LogP contribution in [-0.2, 0) is 0 Å². The highest BCUT2D eigenvalue weighted by atomic mass is 79.9. The Morgan fingerprint density at radius 2 is 2.00 bits per heavy atom. The third kappa shape index (κ3) is 2.42. The van der Waals surface area contributed by atoms with Crippen molar-refractivity contribution in [3.63, 3.8) is 0 Å².